The Hall–Kier alpha value is -2.66. The van der Waals surface area contributed by atoms with Crippen molar-refractivity contribution in [3.05, 3.63) is 71.1 Å². The Morgan fingerprint density at radius 2 is 1.88 bits per heavy atom. The first-order valence-electron chi connectivity index (χ1n) is 7.57. The van der Waals surface area contributed by atoms with Crippen LogP contribution in [0.5, 0.6) is 0 Å². The van der Waals surface area contributed by atoms with Crippen molar-refractivity contribution in [1.29, 1.82) is 0 Å². The van der Waals surface area contributed by atoms with Crippen molar-refractivity contribution in [2.24, 2.45) is 0 Å². The van der Waals surface area contributed by atoms with E-state index in [2.05, 4.69) is 15.5 Å². The van der Waals surface area contributed by atoms with Crippen molar-refractivity contribution in [3.8, 4) is 11.4 Å². The Balaban J connectivity index is 1.63. The average Bonchev–Trinajstić information content (AvgIpc) is 3.04. The van der Waals surface area contributed by atoms with Crippen LogP contribution in [-0.2, 0) is 6.42 Å². The van der Waals surface area contributed by atoms with Gasteiger partial charge in [-0.1, -0.05) is 59.2 Å². The first-order valence-corrected chi connectivity index (χ1v) is 7.94. The third-order valence-corrected chi connectivity index (χ3v) is 3.81. The van der Waals surface area contributed by atoms with E-state index in [0.29, 0.717) is 28.7 Å². The summed E-state index contributed by atoms with van der Waals surface area (Å²) in [5.41, 5.74) is 1.33. The fourth-order valence-corrected chi connectivity index (χ4v) is 2.52. The Labute approximate surface area is 144 Å². The molecule has 1 unspecified atom stereocenters. The third-order valence-electron chi connectivity index (χ3n) is 3.48. The maximum Gasteiger partial charge on any atom is 0.253 e. The van der Waals surface area contributed by atoms with Crippen LogP contribution in [-0.4, -0.2) is 22.1 Å². The summed E-state index contributed by atoms with van der Waals surface area (Å²) in [4.78, 5) is 16.6. The maximum absolute atomic E-state index is 12.2. The molecule has 1 aromatic heterocycles. The molecule has 24 heavy (non-hydrogen) atoms. The minimum absolute atomic E-state index is 0.169. The smallest absolute Gasteiger partial charge is 0.253 e. The molecule has 5 nitrogen and oxygen atoms in total. The fraction of sp³-hybridized carbons (Fsp3) is 0.167. The number of amides is 1. The molecule has 0 radical (unpaired) electrons. The van der Waals surface area contributed by atoms with E-state index in [-0.39, 0.29) is 11.9 Å². The van der Waals surface area contributed by atoms with Crippen LogP contribution in [0.2, 0.25) is 5.02 Å². The summed E-state index contributed by atoms with van der Waals surface area (Å²) in [5, 5.41) is 7.28. The van der Waals surface area contributed by atoms with Crippen LogP contribution in [0.25, 0.3) is 11.4 Å². The molecule has 122 valence electrons. The molecule has 2 aromatic carbocycles. The molecule has 0 aliphatic heterocycles. The summed E-state index contributed by atoms with van der Waals surface area (Å²) in [7, 11) is 0. The van der Waals surface area contributed by atoms with E-state index in [1.54, 1.807) is 24.3 Å². The van der Waals surface area contributed by atoms with E-state index in [1.165, 1.54) is 0 Å². The van der Waals surface area contributed by atoms with Crippen LogP contribution in [0.1, 0.15) is 23.2 Å². The second kappa shape index (κ2) is 7.27. The zero-order valence-corrected chi connectivity index (χ0v) is 13.8. The van der Waals surface area contributed by atoms with Gasteiger partial charge >= 0.3 is 0 Å². The fourth-order valence-electron chi connectivity index (χ4n) is 2.30. The van der Waals surface area contributed by atoms with Gasteiger partial charge in [0, 0.05) is 18.0 Å². The number of nitrogens with zero attached hydrogens (tertiary/aromatic N) is 2. The predicted molar refractivity (Wildman–Crippen MR) is 91.8 cm³/mol. The molecule has 3 aromatic rings. The number of aromatic nitrogens is 2. The number of hydrogen-bond donors (Lipinski definition) is 1. The zero-order valence-electron chi connectivity index (χ0n) is 13.1. The molecule has 0 bridgehead atoms. The number of rotatable bonds is 5. The number of carbonyl (C=O) groups excluding carboxylic acids is 1. The molecule has 3 rings (SSSR count). The summed E-state index contributed by atoms with van der Waals surface area (Å²) in [6.07, 6.45) is 0.441. The lowest BCUT2D eigenvalue weighted by molar-refractivity contribution is 0.0939. The van der Waals surface area contributed by atoms with Gasteiger partial charge in [-0.05, 0) is 19.1 Å². The highest BCUT2D eigenvalue weighted by molar-refractivity contribution is 6.33. The van der Waals surface area contributed by atoms with Gasteiger partial charge in [-0.2, -0.15) is 4.98 Å². The summed E-state index contributed by atoms with van der Waals surface area (Å²) < 4.78 is 5.26. The highest BCUT2D eigenvalue weighted by Crippen LogP contribution is 2.17. The van der Waals surface area contributed by atoms with Gasteiger partial charge in [-0.25, -0.2) is 0 Å². The third kappa shape index (κ3) is 3.81. The van der Waals surface area contributed by atoms with Gasteiger partial charge in [0.05, 0.1) is 10.6 Å². The Bertz CT molecular complexity index is 833. The van der Waals surface area contributed by atoms with E-state index < -0.39 is 0 Å². The number of benzene rings is 2. The Morgan fingerprint density at radius 3 is 2.62 bits per heavy atom. The van der Waals surface area contributed by atoms with Crippen molar-refractivity contribution < 1.29 is 9.32 Å². The zero-order chi connectivity index (χ0) is 16.9. The van der Waals surface area contributed by atoms with Crippen LogP contribution >= 0.6 is 11.6 Å². The molecule has 6 heteroatoms. The summed E-state index contributed by atoms with van der Waals surface area (Å²) in [6.45, 7) is 1.88. The lowest BCUT2D eigenvalue weighted by Gasteiger charge is -2.12. The van der Waals surface area contributed by atoms with Gasteiger partial charge in [0.1, 0.15) is 0 Å². The number of hydrogen-bond acceptors (Lipinski definition) is 4. The van der Waals surface area contributed by atoms with Crippen molar-refractivity contribution in [2.45, 2.75) is 19.4 Å². The molecule has 1 heterocycles. The van der Waals surface area contributed by atoms with Gasteiger partial charge in [-0.3, -0.25) is 4.79 Å². The number of halogens is 1. The molecule has 0 aliphatic carbocycles. The van der Waals surface area contributed by atoms with Gasteiger partial charge in [0.2, 0.25) is 11.7 Å². The SMILES string of the molecule is CC(Cc1nc(-c2ccccc2)no1)NC(=O)c1ccccc1Cl. The quantitative estimate of drug-likeness (QED) is 0.767. The largest absolute Gasteiger partial charge is 0.349 e. The molecule has 0 spiro atoms. The monoisotopic (exact) mass is 341 g/mol. The van der Waals surface area contributed by atoms with Gasteiger partial charge < -0.3 is 9.84 Å². The van der Waals surface area contributed by atoms with Gasteiger partial charge in [-0.15, -0.1) is 0 Å². The Morgan fingerprint density at radius 1 is 1.17 bits per heavy atom. The molecule has 0 saturated heterocycles. The maximum atomic E-state index is 12.2. The summed E-state index contributed by atoms with van der Waals surface area (Å²) in [5.74, 6) is 0.784. The molecular formula is C18H16ClN3O2. The predicted octanol–water partition coefficient (Wildman–Crippen LogP) is 3.75. The van der Waals surface area contributed by atoms with E-state index in [1.807, 2.05) is 37.3 Å². The standard InChI is InChI=1S/C18H16ClN3O2/c1-12(20-18(23)14-9-5-6-10-15(14)19)11-16-21-17(22-24-16)13-7-3-2-4-8-13/h2-10,12H,11H2,1H3,(H,20,23). The van der Waals surface area contributed by atoms with Crippen LogP contribution < -0.4 is 5.32 Å². The van der Waals surface area contributed by atoms with Gasteiger partial charge in [0.25, 0.3) is 5.91 Å². The number of carbonyl (C=O) groups is 1. The minimum atomic E-state index is -0.226. The average molecular weight is 342 g/mol. The van der Waals surface area contributed by atoms with Crippen molar-refractivity contribution in [3.63, 3.8) is 0 Å². The molecule has 1 atom stereocenters. The first kappa shape index (κ1) is 16.2. The van der Waals surface area contributed by atoms with E-state index in [0.717, 1.165) is 5.56 Å². The highest BCUT2D eigenvalue weighted by Gasteiger charge is 2.16. The normalized spacial score (nSPS) is 11.9. The molecular weight excluding hydrogens is 326 g/mol. The highest BCUT2D eigenvalue weighted by atomic mass is 35.5. The molecule has 1 amide bonds. The van der Waals surface area contributed by atoms with Crippen LogP contribution in [0.3, 0.4) is 0 Å². The van der Waals surface area contributed by atoms with Crippen LogP contribution in [0.15, 0.2) is 59.1 Å². The molecule has 1 N–H and O–H groups in total. The number of nitrogens with one attached hydrogen (secondary N) is 1. The van der Waals surface area contributed by atoms with E-state index in [4.69, 9.17) is 16.1 Å². The van der Waals surface area contributed by atoms with Crippen molar-refractivity contribution >= 4 is 17.5 Å². The topological polar surface area (TPSA) is 68.0 Å². The van der Waals surface area contributed by atoms with E-state index >= 15 is 0 Å². The lowest BCUT2D eigenvalue weighted by atomic mass is 10.1. The minimum Gasteiger partial charge on any atom is -0.349 e. The van der Waals surface area contributed by atoms with Gasteiger partial charge in [0.15, 0.2) is 0 Å². The molecule has 0 saturated carbocycles. The van der Waals surface area contributed by atoms with Crippen LogP contribution in [0, 0.1) is 0 Å². The molecule has 0 aliphatic rings. The van der Waals surface area contributed by atoms with Crippen molar-refractivity contribution in [2.75, 3.05) is 0 Å². The van der Waals surface area contributed by atoms with E-state index in [9.17, 15) is 4.79 Å². The second-order valence-corrected chi connectivity index (χ2v) is 5.84. The Kier molecular flexibility index (Phi) is 4.91. The molecule has 0 fully saturated rings. The van der Waals surface area contributed by atoms with Crippen molar-refractivity contribution in [1.82, 2.24) is 15.5 Å². The first-order chi connectivity index (χ1) is 11.6. The lowest BCUT2D eigenvalue weighted by Crippen LogP contribution is -2.34. The second-order valence-electron chi connectivity index (χ2n) is 5.44. The van der Waals surface area contributed by atoms with Crippen LogP contribution in [0.4, 0.5) is 0 Å². The summed E-state index contributed by atoms with van der Waals surface area (Å²) >= 11 is 6.03. The summed E-state index contributed by atoms with van der Waals surface area (Å²) in [6, 6.07) is 16.3.